The molecule has 30 heavy (non-hydrogen) atoms. The van der Waals surface area contributed by atoms with Gasteiger partial charge in [-0.2, -0.15) is 0 Å². The number of halogens is 1. The summed E-state index contributed by atoms with van der Waals surface area (Å²) >= 11 is 0. The highest BCUT2D eigenvalue weighted by Gasteiger charge is 2.12. The van der Waals surface area contributed by atoms with Crippen LogP contribution >= 0.6 is 0 Å². The van der Waals surface area contributed by atoms with Gasteiger partial charge in [0.15, 0.2) is 0 Å². The molecule has 1 aliphatic rings. The van der Waals surface area contributed by atoms with E-state index in [1.807, 2.05) is 55.5 Å². The van der Waals surface area contributed by atoms with Crippen LogP contribution in [0.3, 0.4) is 0 Å². The highest BCUT2D eigenvalue weighted by molar-refractivity contribution is 5.83. The number of aliphatic hydroxyl groups is 1. The Morgan fingerprint density at radius 3 is 2.67 bits per heavy atom. The van der Waals surface area contributed by atoms with Crippen LogP contribution < -0.4 is 4.74 Å². The topological polar surface area (TPSA) is 46.5 Å². The number of aryl methyl sites for hydroxylation is 1. The molecular weight excluding hydrogens is 379 g/mol. The number of hydrogen-bond acceptors (Lipinski definition) is 3. The van der Waals surface area contributed by atoms with Gasteiger partial charge in [0.25, 0.3) is 0 Å². The summed E-state index contributed by atoms with van der Waals surface area (Å²) < 4.78 is 18.7. The van der Waals surface area contributed by atoms with Gasteiger partial charge in [-0.1, -0.05) is 42.5 Å². The number of allylic oxidation sites excluding steroid dienone is 5. The minimum atomic E-state index is -0.247. The Morgan fingerprint density at radius 2 is 1.93 bits per heavy atom. The van der Waals surface area contributed by atoms with E-state index in [9.17, 15) is 14.3 Å². The molecule has 0 radical (unpaired) electrons. The SMILES string of the molecule is CCOc1ccc(C2=C(O)CC=C(CC(=O)CCCc3cccc(F)c3)C=C2)cc1. The summed E-state index contributed by atoms with van der Waals surface area (Å²) in [6, 6.07) is 14.1. The Labute approximate surface area is 177 Å². The van der Waals surface area contributed by atoms with Crippen LogP contribution in [-0.4, -0.2) is 17.5 Å². The summed E-state index contributed by atoms with van der Waals surface area (Å²) in [6.45, 7) is 2.54. The van der Waals surface area contributed by atoms with Gasteiger partial charge in [0.2, 0.25) is 0 Å². The Hall–Kier alpha value is -3.14. The van der Waals surface area contributed by atoms with Crippen molar-refractivity contribution >= 4 is 11.4 Å². The van der Waals surface area contributed by atoms with Crippen molar-refractivity contribution < 1.29 is 19.0 Å². The second-order valence-electron chi connectivity index (χ2n) is 7.33. The maximum atomic E-state index is 13.2. The molecule has 1 aliphatic carbocycles. The molecule has 3 rings (SSSR count). The number of hydrogen-bond donors (Lipinski definition) is 1. The first-order valence-corrected chi connectivity index (χ1v) is 10.3. The smallest absolute Gasteiger partial charge is 0.137 e. The molecule has 0 spiro atoms. The molecule has 0 atom stereocenters. The Balaban J connectivity index is 1.54. The van der Waals surface area contributed by atoms with Gasteiger partial charge in [0.05, 0.1) is 6.61 Å². The lowest BCUT2D eigenvalue weighted by molar-refractivity contribution is -0.118. The average Bonchev–Trinajstić information content (AvgIpc) is 2.91. The average molecular weight is 406 g/mol. The maximum Gasteiger partial charge on any atom is 0.137 e. The van der Waals surface area contributed by atoms with Crippen LogP contribution in [0.15, 0.2) is 78.1 Å². The van der Waals surface area contributed by atoms with E-state index >= 15 is 0 Å². The van der Waals surface area contributed by atoms with Gasteiger partial charge in [-0.05, 0) is 60.7 Å². The zero-order chi connectivity index (χ0) is 21.3. The van der Waals surface area contributed by atoms with Crippen molar-refractivity contribution in [2.45, 2.75) is 39.0 Å². The second-order valence-corrected chi connectivity index (χ2v) is 7.33. The first-order valence-electron chi connectivity index (χ1n) is 10.3. The number of carbonyl (C=O) groups excluding carboxylic acids is 1. The van der Waals surface area contributed by atoms with E-state index in [1.165, 1.54) is 12.1 Å². The van der Waals surface area contributed by atoms with Crippen LogP contribution in [0.25, 0.3) is 5.57 Å². The first kappa shape index (κ1) is 21.6. The minimum Gasteiger partial charge on any atom is -0.511 e. The van der Waals surface area contributed by atoms with Crippen molar-refractivity contribution in [1.82, 2.24) is 0 Å². The van der Waals surface area contributed by atoms with Gasteiger partial charge in [-0.25, -0.2) is 4.39 Å². The summed E-state index contributed by atoms with van der Waals surface area (Å²) in [6.07, 6.45) is 8.22. The molecule has 2 aromatic rings. The highest BCUT2D eigenvalue weighted by Crippen LogP contribution is 2.27. The van der Waals surface area contributed by atoms with Crippen LogP contribution in [0.5, 0.6) is 5.75 Å². The lowest BCUT2D eigenvalue weighted by atomic mass is 10.0. The van der Waals surface area contributed by atoms with Crippen molar-refractivity contribution in [3.63, 3.8) is 0 Å². The number of rotatable bonds is 9. The molecule has 0 aromatic heterocycles. The van der Waals surface area contributed by atoms with Crippen LogP contribution in [0.1, 0.15) is 43.7 Å². The molecule has 0 aliphatic heterocycles. The summed E-state index contributed by atoms with van der Waals surface area (Å²) in [7, 11) is 0. The zero-order valence-corrected chi connectivity index (χ0v) is 17.2. The molecule has 2 aromatic carbocycles. The number of carbonyl (C=O) groups is 1. The molecule has 0 bridgehead atoms. The molecule has 0 saturated heterocycles. The van der Waals surface area contributed by atoms with Crippen LogP contribution in [0.2, 0.25) is 0 Å². The number of Topliss-reactive ketones (excluding diaryl/α,β-unsaturated/α-hetero) is 1. The van der Waals surface area contributed by atoms with Crippen molar-refractivity contribution in [2.75, 3.05) is 6.61 Å². The molecule has 0 amide bonds. The molecule has 0 fully saturated rings. The van der Waals surface area contributed by atoms with E-state index in [1.54, 1.807) is 6.07 Å². The molecule has 0 saturated carbocycles. The number of benzene rings is 2. The van der Waals surface area contributed by atoms with Gasteiger partial charge in [0, 0.05) is 24.8 Å². The van der Waals surface area contributed by atoms with Crippen LogP contribution in [0, 0.1) is 5.82 Å². The van der Waals surface area contributed by atoms with Gasteiger partial charge in [0.1, 0.15) is 23.1 Å². The molecular formula is C26H27FO3. The lowest BCUT2D eigenvalue weighted by Crippen LogP contribution is -2.00. The highest BCUT2D eigenvalue weighted by atomic mass is 19.1. The quantitative estimate of drug-likeness (QED) is 0.527. The number of ether oxygens (including phenoxy) is 1. The lowest BCUT2D eigenvalue weighted by Gasteiger charge is -2.07. The van der Waals surface area contributed by atoms with Crippen molar-refractivity contribution in [3.05, 3.63) is 95.0 Å². The van der Waals surface area contributed by atoms with E-state index in [-0.39, 0.29) is 17.4 Å². The van der Waals surface area contributed by atoms with Crippen LogP contribution in [-0.2, 0) is 11.2 Å². The Bertz CT molecular complexity index is 968. The van der Waals surface area contributed by atoms with E-state index in [2.05, 4.69) is 0 Å². The van der Waals surface area contributed by atoms with Gasteiger partial charge < -0.3 is 9.84 Å². The summed E-state index contributed by atoms with van der Waals surface area (Å²) in [4.78, 5) is 12.4. The normalized spacial score (nSPS) is 13.7. The van der Waals surface area contributed by atoms with Crippen molar-refractivity contribution in [2.24, 2.45) is 0 Å². The summed E-state index contributed by atoms with van der Waals surface area (Å²) in [5.74, 6) is 0.972. The van der Waals surface area contributed by atoms with E-state index in [0.29, 0.717) is 38.7 Å². The fourth-order valence-electron chi connectivity index (χ4n) is 3.48. The molecule has 0 heterocycles. The minimum absolute atomic E-state index is 0.145. The molecule has 0 unspecified atom stereocenters. The van der Waals surface area contributed by atoms with Gasteiger partial charge in [-0.3, -0.25) is 4.79 Å². The van der Waals surface area contributed by atoms with E-state index < -0.39 is 0 Å². The largest absolute Gasteiger partial charge is 0.511 e. The third kappa shape index (κ3) is 6.18. The third-order valence-corrected chi connectivity index (χ3v) is 5.02. The second kappa shape index (κ2) is 10.6. The summed E-state index contributed by atoms with van der Waals surface area (Å²) in [5, 5.41) is 10.5. The van der Waals surface area contributed by atoms with Gasteiger partial charge >= 0.3 is 0 Å². The third-order valence-electron chi connectivity index (χ3n) is 5.02. The predicted molar refractivity (Wildman–Crippen MR) is 118 cm³/mol. The summed E-state index contributed by atoms with van der Waals surface area (Å²) in [5.41, 5.74) is 3.47. The van der Waals surface area contributed by atoms with Crippen LogP contribution in [0.4, 0.5) is 4.39 Å². The maximum absolute atomic E-state index is 13.2. The number of aliphatic hydroxyl groups excluding tert-OH is 1. The molecule has 1 N–H and O–H groups in total. The predicted octanol–water partition coefficient (Wildman–Crippen LogP) is 6.36. The zero-order valence-electron chi connectivity index (χ0n) is 17.2. The fourth-order valence-corrected chi connectivity index (χ4v) is 3.48. The standard InChI is InChI=1S/C26H27FO3/c1-2-30-24-13-11-21(12-14-24)25-15-9-20(10-16-26(25)29)18-23(28)8-4-6-19-5-3-7-22(27)17-19/h3,5,7,9-15,17,29H,2,4,6,8,16,18H2,1H3. The fraction of sp³-hybridized carbons (Fsp3) is 0.269. The Morgan fingerprint density at radius 1 is 1.13 bits per heavy atom. The molecule has 3 nitrogen and oxygen atoms in total. The number of ketones is 1. The Kier molecular flexibility index (Phi) is 7.61. The first-order chi connectivity index (χ1) is 14.5. The molecule has 4 heteroatoms. The van der Waals surface area contributed by atoms with E-state index in [4.69, 9.17) is 4.74 Å². The van der Waals surface area contributed by atoms with Crippen molar-refractivity contribution in [3.8, 4) is 5.75 Å². The van der Waals surface area contributed by atoms with Crippen molar-refractivity contribution in [1.29, 1.82) is 0 Å². The van der Waals surface area contributed by atoms with Gasteiger partial charge in [-0.15, -0.1) is 0 Å². The molecule has 156 valence electrons. The van der Waals surface area contributed by atoms with E-state index in [0.717, 1.165) is 28.0 Å². The monoisotopic (exact) mass is 406 g/mol.